The molecule has 8 N–H and O–H groups in total. The fourth-order valence-corrected chi connectivity index (χ4v) is 6.27. The van der Waals surface area contributed by atoms with Crippen LogP contribution in [-0.2, 0) is 9.59 Å². The molecule has 49 heavy (non-hydrogen) atoms. The highest BCUT2D eigenvalue weighted by Gasteiger charge is 2.14. The van der Waals surface area contributed by atoms with E-state index in [4.69, 9.17) is 11.5 Å². The number of unbranched alkanes of at least 4 members (excludes halogenated alkanes) is 19. The van der Waals surface area contributed by atoms with Gasteiger partial charge in [-0.1, -0.05) is 129 Å². The number of carbonyl (C=O) groups excluding carboxylic acids is 2. The van der Waals surface area contributed by atoms with E-state index in [0.717, 1.165) is 58.2 Å². The van der Waals surface area contributed by atoms with Crippen LogP contribution >= 0.6 is 0 Å². The predicted molar refractivity (Wildman–Crippen MR) is 206 cm³/mol. The summed E-state index contributed by atoms with van der Waals surface area (Å²) in [6.07, 6.45) is 26.4. The Labute approximate surface area is 302 Å². The van der Waals surface area contributed by atoms with Gasteiger partial charge in [-0.15, -0.1) is 0 Å². The van der Waals surface area contributed by atoms with Crippen molar-refractivity contribution in [2.75, 3.05) is 58.9 Å². The van der Waals surface area contributed by atoms with Crippen molar-refractivity contribution in [1.82, 2.24) is 20.4 Å². The number of nitrogens with two attached hydrogens (primary N) is 2. The first-order valence-corrected chi connectivity index (χ1v) is 20.6. The Balaban J connectivity index is 4.20. The molecule has 0 bridgehead atoms. The minimum absolute atomic E-state index is 0.0424. The van der Waals surface area contributed by atoms with Crippen molar-refractivity contribution in [1.29, 1.82) is 0 Å². The normalized spacial score (nSPS) is 12.9. The summed E-state index contributed by atoms with van der Waals surface area (Å²) < 4.78 is 0. The second kappa shape index (κ2) is 36.5. The molecular formula is C39H82N6O4. The molecule has 0 aromatic rings. The summed E-state index contributed by atoms with van der Waals surface area (Å²) >= 11 is 0. The monoisotopic (exact) mass is 699 g/mol. The molecule has 0 fully saturated rings. The molecule has 0 aliphatic carbocycles. The fourth-order valence-electron chi connectivity index (χ4n) is 6.27. The number of carbonyl (C=O) groups is 2. The number of hydrogen-bond donors (Lipinski definition) is 6. The molecule has 0 aliphatic heterocycles. The molecule has 10 heteroatoms. The van der Waals surface area contributed by atoms with Gasteiger partial charge in [0, 0.05) is 58.7 Å². The lowest BCUT2D eigenvalue weighted by molar-refractivity contribution is -0.122. The van der Waals surface area contributed by atoms with E-state index >= 15 is 0 Å². The lowest BCUT2D eigenvalue weighted by Gasteiger charge is -2.26. The van der Waals surface area contributed by atoms with Crippen LogP contribution in [0.15, 0.2) is 0 Å². The van der Waals surface area contributed by atoms with E-state index in [1.54, 1.807) is 0 Å². The van der Waals surface area contributed by atoms with E-state index in [0.29, 0.717) is 45.6 Å². The first-order valence-electron chi connectivity index (χ1n) is 20.6. The zero-order valence-electron chi connectivity index (χ0n) is 32.2. The van der Waals surface area contributed by atoms with Crippen molar-refractivity contribution < 1.29 is 19.8 Å². The van der Waals surface area contributed by atoms with Crippen LogP contribution in [0.2, 0.25) is 0 Å². The molecular weight excluding hydrogens is 616 g/mol. The van der Waals surface area contributed by atoms with Crippen molar-refractivity contribution in [3.63, 3.8) is 0 Å². The van der Waals surface area contributed by atoms with E-state index < -0.39 is 12.3 Å². The molecule has 2 amide bonds. The number of rotatable bonds is 38. The van der Waals surface area contributed by atoms with Crippen molar-refractivity contribution >= 4 is 11.8 Å². The Morgan fingerprint density at radius 2 is 0.878 bits per heavy atom. The second-order valence-electron chi connectivity index (χ2n) is 14.3. The van der Waals surface area contributed by atoms with Crippen molar-refractivity contribution in [3.05, 3.63) is 0 Å². The third-order valence-electron chi connectivity index (χ3n) is 9.40. The Bertz CT molecular complexity index is 730. The Hall–Kier alpha value is -1.30. The van der Waals surface area contributed by atoms with E-state index in [1.165, 1.54) is 103 Å². The first-order chi connectivity index (χ1) is 23.8. The fraction of sp³-hybridized carbons (Fsp3) is 0.949. The molecule has 0 aromatic carbocycles. The maximum absolute atomic E-state index is 12.5. The number of aliphatic hydroxyl groups is 2. The third-order valence-corrected chi connectivity index (χ3v) is 9.40. The summed E-state index contributed by atoms with van der Waals surface area (Å²) in [5.74, 6) is 0.0959. The molecule has 0 saturated carbocycles. The summed E-state index contributed by atoms with van der Waals surface area (Å²) in [7, 11) is 0. The molecule has 0 heterocycles. The summed E-state index contributed by atoms with van der Waals surface area (Å²) in [6.45, 7) is 9.46. The highest BCUT2D eigenvalue weighted by atomic mass is 16.3. The topological polar surface area (TPSA) is 157 Å². The molecule has 0 aromatic heterocycles. The summed E-state index contributed by atoms with van der Waals surface area (Å²) in [6, 6.07) is 0. The molecule has 0 saturated heterocycles. The van der Waals surface area contributed by atoms with Crippen LogP contribution < -0.4 is 22.1 Å². The van der Waals surface area contributed by atoms with Crippen LogP contribution in [0.25, 0.3) is 0 Å². The van der Waals surface area contributed by atoms with Crippen LogP contribution in [0, 0.1) is 0 Å². The smallest absolute Gasteiger partial charge is 0.221 e. The van der Waals surface area contributed by atoms with E-state index in [1.807, 2.05) is 4.90 Å². The molecule has 292 valence electrons. The van der Waals surface area contributed by atoms with Crippen LogP contribution in [0.4, 0.5) is 0 Å². The van der Waals surface area contributed by atoms with Gasteiger partial charge in [0.2, 0.25) is 11.8 Å². The number of aliphatic hydroxyl groups excluding tert-OH is 2. The average molecular weight is 699 g/mol. The van der Waals surface area contributed by atoms with Gasteiger partial charge in [-0.05, 0) is 38.8 Å². The van der Waals surface area contributed by atoms with Gasteiger partial charge in [0.15, 0.2) is 0 Å². The summed E-state index contributed by atoms with van der Waals surface area (Å²) in [4.78, 5) is 29.1. The number of amides is 2. The molecule has 0 rings (SSSR count). The SMILES string of the molecule is CCCCCCCCCCCCNC(=O)CCN(CCCCN(CCC(=O)NCCCCCCCCCCCC)CC(O)CN)CC(N)O. The maximum Gasteiger partial charge on any atom is 0.221 e. The standard InChI is InChI=1S/C39H82N6O4/c1-3-5-7-9-11-13-15-17-19-21-27-42-38(48)25-31-44(34-36(46)33-40)29-23-24-30-45(35-37(41)47)32-26-39(49)43-28-22-20-18-16-14-12-10-8-6-4-2/h36-37,46-47H,3-35,40-41H2,1-2H3,(H,42,48)(H,43,49). The summed E-state index contributed by atoms with van der Waals surface area (Å²) in [5, 5.41) is 26.1. The quantitative estimate of drug-likeness (QED) is 0.0348. The highest BCUT2D eigenvalue weighted by Crippen LogP contribution is 2.11. The lowest BCUT2D eigenvalue weighted by atomic mass is 10.1. The third kappa shape index (κ3) is 34.9. The molecule has 0 aliphatic rings. The van der Waals surface area contributed by atoms with Crippen molar-refractivity contribution in [2.24, 2.45) is 11.5 Å². The molecule has 10 nitrogen and oxygen atoms in total. The zero-order valence-corrected chi connectivity index (χ0v) is 32.2. The number of nitrogens with one attached hydrogen (secondary N) is 2. The lowest BCUT2D eigenvalue weighted by Crippen LogP contribution is -2.41. The van der Waals surface area contributed by atoms with E-state index in [9.17, 15) is 19.8 Å². The summed E-state index contributed by atoms with van der Waals surface area (Å²) in [5.41, 5.74) is 11.4. The van der Waals surface area contributed by atoms with Crippen LogP contribution in [0.1, 0.15) is 168 Å². The number of nitrogens with zero attached hydrogens (tertiary/aromatic N) is 2. The Morgan fingerprint density at radius 3 is 1.22 bits per heavy atom. The van der Waals surface area contributed by atoms with Crippen molar-refractivity contribution in [2.45, 2.75) is 180 Å². The Kier molecular flexibility index (Phi) is 35.5. The van der Waals surface area contributed by atoms with Gasteiger partial charge in [0.25, 0.3) is 0 Å². The van der Waals surface area contributed by atoms with Crippen molar-refractivity contribution in [3.8, 4) is 0 Å². The predicted octanol–water partition coefficient (Wildman–Crippen LogP) is 5.82. The van der Waals surface area contributed by atoms with Crippen LogP contribution in [0.5, 0.6) is 0 Å². The Morgan fingerprint density at radius 1 is 0.531 bits per heavy atom. The minimum atomic E-state index is -0.954. The molecule has 0 radical (unpaired) electrons. The molecule has 2 unspecified atom stereocenters. The largest absolute Gasteiger partial charge is 0.390 e. The first kappa shape index (κ1) is 47.7. The van der Waals surface area contributed by atoms with E-state index in [-0.39, 0.29) is 18.4 Å². The zero-order chi connectivity index (χ0) is 36.2. The van der Waals surface area contributed by atoms with Crippen LogP contribution in [-0.4, -0.2) is 103 Å². The van der Waals surface area contributed by atoms with Gasteiger partial charge < -0.3 is 37.2 Å². The number of hydrogen-bond acceptors (Lipinski definition) is 8. The highest BCUT2D eigenvalue weighted by molar-refractivity contribution is 5.76. The van der Waals surface area contributed by atoms with Crippen LogP contribution in [0.3, 0.4) is 0 Å². The van der Waals surface area contributed by atoms with Gasteiger partial charge >= 0.3 is 0 Å². The second-order valence-corrected chi connectivity index (χ2v) is 14.3. The van der Waals surface area contributed by atoms with Gasteiger partial charge in [-0.2, -0.15) is 0 Å². The van der Waals surface area contributed by atoms with E-state index in [2.05, 4.69) is 29.4 Å². The molecule has 2 atom stereocenters. The van der Waals surface area contributed by atoms with Gasteiger partial charge in [-0.3, -0.25) is 14.5 Å². The van der Waals surface area contributed by atoms with Gasteiger partial charge in [-0.25, -0.2) is 0 Å². The molecule has 0 spiro atoms. The minimum Gasteiger partial charge on any atom is -0.390 e. The average Bonchev–Trinajstić information content (AvgIpc) is 3.08. The maximum atomic E-state index is 12.5. The van der Waals surface area contributed by atoms with Gasteiger partial charge in [0.05, 0.1) is 6.10 Å². The van der Waals surface area contributed by atoms with Gasteiger partial charge in [0.1, 0.15) is 6.23 Å².